The fourth-order valence-electron chi connectivity index (χ4n) is 3.70. The number of hydrogen-bond donors (Lipinski definition) is 0. The minimum atomic E-state index is -0.428. The average molecular weight is 447 g/mol. The van der Waals surface area contributed by atoms with Gasteiger partial charge < -0.3 is 4.90 Å². The molecule has 0 atom stereocenters. The van der Waals surface area contributed by atoms with Crippen LogP contribution in [0.4, 0.5) is 4.39 Å². The van der Waals surface area contributed by atoms with Crippen LogP contribution in [0.5, 0.6) is 0 Å². The van der Waals surface area contributed by atoms with Gasteiger partial charge in [0.05, 0.1) is 5.02 Å². The number of carbonyl (C=O) groups is 1. The fourth-order valence-corrected chi connectivity index (χ4v) is 3.98. The second-order valence-corrected chi connectivity index (χ2v) is 7.53. The highest BCUT2D eigenvalue weighted by Gasteiger charge is 2.18. The molecule has 1 saturated heterocycles. The van der Waals surface area contributed by atoms with E-state index in [1.807, 2.05) is 12.1 Å². The van der Waals surface area contributed by atoms with Gasteiger partial charge in [0.25, 0.3) is 0 Å². The molecule has 1 aliphatic rings. The summed E-state index contributed by atoms with van der Waals surface area (Å²) in [5.41, 5.74) is 2.65. The monoisotopic (exact) mass is 445 g/mol. The molecule has 0 saturated carbocycles. The molecule has 28 heavy (non-hydrogen) atoms. The average Bonchev–Trinajstić information content (AvgIpc) is 2.62. The zero-order valence-corrected chi connectivity index (χ0v) is 18.4. The topological polar surface area (TPSA) is 20.3 Å². The van der Waals surface area contributed by atoms with Crippen LogP contribution in [-0.4, -0.2) is 30.3 Å². The second kappa shape index (κ2) is 11.8. The van der Waals surface area contributed by atoms with Gasteiger partial charge in [0.2, 0.25) is 0 Å². The lowest BCUT2D eigenvalue weighted by Crippen LogP contribution is -2.34. The molecule has 1 heterocycles. The van der Waals surface area contributed by atoms with Gasteiger partial charge in [0, 0.05) is 12.0 Å². The molecule has 0 N–H and O–H groups in total. The summed E-state index contributed by atoms with van der Waals surface area (Å²) in [6, 6.07) is 12.2. The summed E-state index contributed by atoms with van der Waals surface area (Å²) >= 11 is 6.01. The quantitative estimate of drug-likeness (QED) is 0.505. The van der Waals surface area contributed by atoms with Crippen molar-refractivity contribution < 1.29 is 9.18 Å². The molecular formula is C22H27Cl3FNO. The Morgan fingerprint density at radius 2 is 1.79 bits per heavy atom. The first-order valence-corrected chi connectivity index (χ1v) is 9.71. The Labute approximate surface area is 184 Å². The molecule has 2 nitrogen and oxygen atoms in total. The van der Waals surface area contributed by atoms with Crippen molar-refractivity contribution in [2.45, 2.75) is 32.6 Å². The van der Waals surface area contributed by atoms with E-state index < -0.39 is 5.82 Å². The highest BCUT2D eigenvalue weighted by molar-refractivity contribution is 6.34. The standard InChI is InChI=1S/C22H25ClFNO.2ClH/c1-2-25-10-8-16(9-11-25)12-17-4-3-5-18(13-17)14-22(26)20-7-6-19(24)15-21(20)23;;/h3-7,13,15-16H,2,8-12,14H2,1H3;2*1H. The van der Waals surface area contributed by atoms with Gasteiger partial charge in [-0.05, 0) is 74.1 Å². The van der Waals surface area contributed by atoms with Crippen molar-refractivity contribution in [1.82, 2.24) is 4.90 Å². The van der Waals surface area contributed by atoms with Gasteiger partial charge in [-0.2, -0.15) is 0 Å². The van der Waals surface area contributed by atoms with Crippen molar-refractivity contribution in [3.05, 3.63) is 70.0 Å². The lowest BCUT2D eigenvalue weighted by atomic mass is 9.89. The van der Waals surface area contributed by atoms with Gasteiger partial charge in [0.1, 0.15) is 5.82 Å². The van der Waals surface area contributed by atoms with E-state index >= 15 is 0 Å². The third-order valence-corrected chi connectivity index (χ3v) is 5.58. The summed E-state index contributed by atoms with van der Waals surface area (Å²) < 4.78 is 13.2. The van der Waals surface area contributed by atoms with Crippen LogP contribution in [0.2, 0.25) is 5.02 Å². The van der Waals surface area contributed by atoms with Crippen LogP contribution in [0.1, 0.15) is 41.3 Å². The first kappa shape index (κ1) is 24.9. The SMILES string of the molecule is CCN1CCC(Cc2cccc(CC(=O)c3ccc(F)cc3Cl)c2)CC1.Cl.Cl. The van der Waals surface area contributed by atoms with Crippen LogP contribution >= 0.6 is 36.4 Å². The molecule has 2 aromatic carbocycles. The van der Waals surface area contributed by atoms with E-state index in [1.54, 1.807) is 0 Å². The lowest BCUT2D eigenvalue weighted by molar-refractivity contribution is 0.0993. The fraction of sp³-hybridized carbons (Fsp3) is 0.409. The number of ketones is 1. The maximum Gasteiger partial charge on any atom is 0.168 e. The molecule has 0 spiro atoms. The van der Waals surface area contributed by atoms with Crippen LogP contribution < -0.4 is 0 Å². The number of likely N-dealkylation sites (tertiary alicyclic amines) is 1. The maximum absolute atomic E-state index is 13.2. The van der Waals surface area contributed by atoms with Crippen molar-refractivity contribution in [2.24, 2.45) is 5.92 Å². The first-order valence-electron chi connectivity index (χ1n) is 9.33. The molecule has 6 heteroatoms. The van der Waals surface area contributed by atoms with Crippen LogP contribution in [-0.2, 0) is 12.8 Å². The van der Waals surface area contributed by atoms with Crippen molar-refractivity contribution in [1.29, 1.82) is 0 Å². The number of rotatable bonds is 6. The van der Waals surface area contributed by atoms with E-state index in [2.05, 4.69) is 24.0 Å². The van der Waals surface area contributed by atoms with E-state index in [0.29, 0.717) is 5.56 Å². The largest absolute Gasteiger partial charge is 0.304 e. The Morgan fingerprint density at radius 1 is 1.11 bits per heavy atom. The van der Waals surface area contributed by atoms with Crippen LogP contribution in [0.3, 0.4) is 0 Å². The number of benzene rings is 2. The molecule has 0 aliphatic carbocycles. The molecule has 0 unspecified atom stereocenters. The first-order chi connectivity index (χ1) is 12.5. The molecule has 0 amide bonds. The third kappa shape index (κ3) is 6.73. The minimum Gasteiger partial charge on any atom is -0.304 e. The molecule has 2 aromatic rings. The van der Waals surface area contributed by atoms with E-state index in [1.165, 1.54) is 49.7 Å². The highest BCUT2D eigenvalue weighted by atomic mass is 35.5. The van der Waals surface area contributed by atoms with E-state index in [-0.39, 0.29) is 42.0 Å². The van der Waals surface area contributed by atoms with Crippen LogP contribution in [0.15, 0.2) is 42.5 Å². The van der Waals surface area contributed by atoms with Crippen LogP contribution in [0, 0.1) is 11.7 Å². The van der Waals surface area contributed by atoms with Gasteiger partial charge in [-0.3, -0.25) is 4.79 Å². The zero-order valence-electron chi connectivity index (χ0n) is 16.0. The Balaban J connectivity index is 0.00000196. The predicted molar refractivity (Wildman–Crippen MR) is 119 cm³/mol. The molecule has 0 aromatic heterocycles. The summed E-state index contributed by atoms with van der Waals surface area (Å²) in [4.78, 5) is 15.0. The number of carbonyl (C=O) groups excluding carboxylic acids is 1. The second-order valence-electron chi connectivity index (χ2n) is 7.13. The number of halogens is 4. The summed E-state index contributed by atoms with van der Waals surface area (Å²) in [6.07, 6.45) is 3.83. The summed E-state index contributed by atoms with van der Waals surface area (Å²) in [5, 5.41) is 0.175. The number of hydrogen-bond acceptors (Lipinski definition) is 2. The normalized spacial score (nSPS) is 14.8. The third-order valence-electron chi connectivity index (χ3n) is 5.27. The van der Waals surface area contributed by atoms with Crippen molar-refractivity contribution in [2.75, 3.05) is 19.6 Å². The Morgan fingerprint density at radius 3 is 2.43 bits per heavy atom. The summed E-state index contributed by atoms with van der Waals surface area (Å²) in [5.74, 6) is 0.210. The molecule has 0 radical (unpaired) electrons. The summed E-state index contributed by atoms with van der Waals surface area (Å²) in [7, 11) is 0. The van der Waals surface area contributed by atoms with Crippen molar-refractivity contribution >= 4 is 42.2 Å². The summed E-state index contributed by atoms with van der Waals surface area (Å²) in [6.45, 7) is 5.72. The number of Topliss-reactive ketones (excluding diaryl/α,β-unsaturated/α-hetero) is 1. The van der Waals surface area contributed by atoms with E-state index in [4.69, 9.17) is 11.6 Å². The van der Waals surface area contributed by atoms with Crippen molar-refractivity contribution in [3.8, 4) is 0 Å². The molecule has 1 fully saturated rings. The predicted octanol–water partition coefficient (Wildman–Crippen LogP) is 6.02. The highest BCUT2D eigenvalue weighted by Crippen LogP contribution is 2.23. The molecule has 3 rings (SSSR count). The molecule has 0 bridgehead atoms. The van der Waals surface area contributed by atoms with Gasteiger partial charge in [-0.15, -0.1) is 24.8 Å². The molecular weight excluding hydrogens is 420 g/mol. The minimum absolute atomic E-state index is 0. The Bertz CT molecular complexity index is 776. The van der Waals surface area contributed by atoms with Crippen molar-refractivity contribution in [3.63, 3.8) is 0 Å². The Kier molecular flexibility index (Phi) is 10.5. The number of nitrogens with zero attached hydrogens (tertiary/aromatic N) is 1. The lowest BCUT2D eigenvalue weighted by Gasteiger charge is -2.31. The van der Waals surface area contributed by atoms with E-state index in [0.717, 1.165) is 24.4 Å². The van der Waals surface area contributed by atoms with Gasteiger partial charge in [0.15, 0.2) is 5.78 Å². The smallest absolute Gasteiger partial charge is 0.168 e. The zero-order chi connectivity index (χ0) is 18.5. The van der Waals surface area contributed by atoms with Gasteiger partial charge in [-0.25, -0.2) is 4.39 Å². The molecule has 1 aliphatic heterocycles. The van der Waals surface area contributed by atoms with Gasteiger partial charge in [-0.1, -0.05) is 42.8 Å². The van der Waals surface area contributed by atoms with Gasteiger partial charge >= 0.3 is 0 Å². The maximum atomic E-state index is 13.2. The van der Waals surface area contributed by atoms with E-state index in [9.17, 15) is 9.18 Å². The number of piperidine rings is 1. The Hall–Kier alpha value is -1.13. The van der Waals surface area contributed by atoms with Crippen LogP contribution in [0.25, 0.3) is 0 Å². The molecule has 154 valence electrons.